The van der Waals surface area contributed by atoms with Gasteiger partial charge in [-0.1, -0.05) is 35.0 Å². The van der Waals surface area contributed by atoms with Crippen LogP contribution in [0.4, 0.5) is 0 Å². The van der Waals surface area contributed by atoms with Gasteiger partial charge in [0.15, 0.2) is 0 Å². The topological polar surface area (TPSA) is 29.3 Å². The minimum absolute atomic E-state index is 0.324. The number of aryl methyl sites for hydroxylation is 1. The fraction of sp³-hybridized carbons (Fsp3) is 0.571. The number of hydrogen-bond donors (Lipinski definition) is 1. The lowest BCUT2D eigenvalue weighted by Crippen LogP contribution is -2.31. The molecule has 3 heteroatoms. The van der Waals surface area contributed by atoms with E-state index in [4.69, 9.17) is 5.73 Å². The second-order valence-corrected chi connectivity index (χ2v) is 6.41. The van der Waals surface area contributed by atoms with Crippen molar-refractivity contribution in [3.63, 3.8) is 0 Å². The first kappa shape index (κ1) is 13.1. The van der Waals surface area contributed by atoms with Crippen LogP contribution in [0.15, 0.2) is 22.7 Å². The van der Waals surface area contributed by atoms with Crippen molar-refractivity contribution in [2.24, 2.45) is 11.1 Å². The molecular weight excluding hydrogens is 276 g/mol. The number of likely N-dealkylation sites (tertiary alicyclic amines) is 1. The average Bonchev–Trinajstić information content (AvgIpc) is 2.67. The van der Waals surface area contributed by atoms with Gasteiger partial charge in [-0.3, -0.25) is 4.90 Å². The molecule has 0 radical (unpaired) electrons. The molecule has 1 aromatic carbocycles. The highest BCUT2D eigenvalue weighted by atomic mass is 79.9. The average molecular weight is 297 g/mol. The van der Waals surface area contributed by atoms with Crippen LogP contribution >= 0.6 is 15.9 Å². The Labute approximate surface area is 112 Å². The number of nitrogens with zero attached hydrogens (tertiary/aromatic N) is 1. The predicted octanol–water partition coefficient (Wildman–Crippen LogP) is 2.93. The second kappa shape index (κ2) is 5.09. The van der Waals surface area contributed by atoms with Crippen LogP contribution in [0.25, 0.3) is 0 Å². The number of nitrogens with two attached hydrogens (primary N) is 1. The molecule has 1 aromatic rings. The van der Waals surface area contributed by atoms with E-state index in [0.717, 1.165) is 19.6 Å². The van der Waals surface area contributed by atoms with Crippen molar-refractivity contribution in [1.82, 2.24) is 4.90 Å². The van der Waals surface area contributed by atoms with Crippen LogP contribution in [0.3, 0.4) is 0 Å². The van der Waals surface area contributed by atoms with Gasteiger partial charge in [0, 0.05) is 17.6 Å². The highest BCUT2D eigenvalue weighted by Crippen LogP contribution is 2.29. The SMILES string of the molecule is Cc1cc(CN2CCC(C)(CN)C2)ccc1Br. The largest absolute Gasteiger partial charge is 0.330 e. The molecule has 2 N–H and O–H groups in total. The predicted molar refractivity (Wildman–Crippen MR) is 75.9 cm³/mol. The lowest BCUT2D eigenvalue weighted by molar-refractivity contribution is 0.274. The number of rotatable bonds is 3. The summed E-state index contributed by atoms with van der Waals surface area (Å²) in [6.45, 7) is 8.56. The highest BCUT2D eigenvalue weighted by molar-refractivity contribution is 9.10. The van der Waals surface area contributed by atoms with Crippen LogP contribution in [0.1, 0.15) is 24.5 Å². The maximum atomic E-state index is 5.83. The van der Waals surface area contributed by atoms with Gasteiger partial charge in [-0.05, 0) is 49.0 Å². The molecule has 0 amide bonds. The maximum absolute atomic E-state index is 5.83. The summed E-state index contributed by atoms with van der Waals surface area (Å²) in [4.78, 5) is 2.51. The first-order valence-corrected chi connectivity index (χ1v) is 6.99. The monoisotopic (exact) mass is 296 g/mol. The summed E-state index contributed by atoms with van der Waals surface area (Å²) in [5.74, 6) is 0. The summed E-state index contributed by atoms with van der Waals surface area (Å²) in [6.07, 6.45) is 1.22. The Morgan fingerprint density at radius 3 is 2.82 bits per heavy atom. The molecule has 1 aliphatic heterocycles. The van der Waals surface area contributed by atoms with Gasteiger partial charge in [-0.15, -0.1) is 0 Å². The summed E-state index contributed by atoms with van der Waals surface area (Å²) in [7, 11) is 0. The lowest BCUT2D eigenvalue weighted by atomic mass is 9.90. The van der Waals surface area contributed by atoms with Crippen LogP contribution in [-0.4, -0.2) is 24.5 Å². The normalized spacial score (nSPS) is 25.4. The van der Waals surface area contributed by atoms with E-state index >= 15 is 0 Å². The van der Waals surface area contributed by atoms with Crippen molar-refractivity contribution < 1.29 is 0 Å². The van der Waals surface area contributed by atoms with Gasteiger partial charge < -0.3 is 5.73 Å². The van der Waals surface area contributed by atoms with Crippen molar-refractivity contribution >= 4 is 15.9 Å². The van der Waals surface area contributed by atoms with E-state index < -0.39 is 0 Å². The number of hydrogen-bond acceptors (Lipinski definition) is 2. The Balaban J connectivity index is 2.00. The highest BCUT2D eigenvalue weighted by Gasteiger charge is 2.32. The summed E-state index contributed by atoms with van der Waals surface area (Å²) in [5, 5.41) is 0. The van der Waals surface area contributed by atoms with Gasteiger partial charge >= 0.3 is 0 Å². The molecule has 0 aliphatic carbocycles. The van der Waals surface area contributed by atoms with E-state index in [1.54, 1.807) is 0 Å². The fourth-order valence-corrected chi connectivity index (χ4v) is 2.74. The fourth-order valence-electron chi connectivity index (χ4n) is 2.49. The van der Waals surface area contributed by atoms with Crippen molar-refractivity contribution in [2.75, 3.05) is 19.6 Å². The molecule has 0 spiro atoms. The maximum Gasteiger partial charge on any atom is 0.0234 e. The van der Waals surface area contributed by atoms with Crippen molar-refractivity contribution in [3.05, 3.63) is 33.8 Å². The Morgan fingerprint density at radius 2 is 2.24 bits per heavy atom. The van der Waals surface area contributed by atoms with E-state index in [0.29, 0.717) is 5.41 Å². The van der Waals surface area contributed by atoms with Crippen LogP contribution < -0.4 is 5.73 Å². The van der Waals surface area contributed by atoms with Crippen LogP contribution in [0.2, 0.25) is 0 Å². The molecular formula is C14H21BrN2. The molecule has 1 fully saturated rings. The summed E-state index contributed by atoms with van der Waals surface area (Å²) < 4.78 is 1.19. The van der Waals surface area contributed by atoms with Crippen molar-refractivity contribution in [2.45, 2.75) is 26.8 Å². The quantitative estimate of drug-likeness (QED) is 0.929. The molecule has 0 aromatic heterocycles. The Kier molecular flexibility index (Phi) is 3.91. The molecule has 1 saturated heterocycles. The first-order valence-electron chi connectivity index (χ1n) is 6.20. The zero-order valence-corrected chi connectivity index (χ0v) is 12.3. The molecule has 17 heavy (non-hydrogen) atoms. The number of halogens is 1. The van der Waals surface area contributed by atoms with Crippen LogP contribution in [0.5, 0.6) is 0 Å². The lowest BCUT2D eigenvalue weighted by Gasteiger charge is -2.22. The van der Waals surface area contributed by atoms with Crippen molar-refractivity contribution in [3.8, 4) is 0 Å². The van der Waals surface area contributed by atoms with Crippen LogP contribution in [-0.2, 0) is 6.54 Å². The number of benzene rings is 1. The van der Waals surface area contributed by atoms with E-state index in [2.05, 4.69) is 52.9 Å². The Bertz CT molecular complexity index is 405. The molecule has 94 valence electrons. The molecule has 2 rings (SSSR count). The minimum Gasteiger partial charge on any atom is -0.330 e. The first-order chi connectivity index (χ1) is 8.02. The molecule has 0 bridgehead atoms. The summed E-state index contributed by atoms with van der Waals surface area (Å²) >= 11 is 3.54. The summed E-state index contributed by atoms with van der Waals surface area (Å²) in [5.41, 5.74) is 8.86. The third-order valence-electron chi connectivity index (χ3n) is 3.76. The Morgan fingerprint density at radius 1 is 1.47 bits per heavy atom. The second-order valence-electron chi connectivity index (χ2n) is 5.56. The molecule has 1 aliphatic rings. The molecule has 2 nitrogen and oxygen atoms in total. The van der Waals surface area contributed by atoms with Gasteiger partial charge in [-0.2, -0.15) is 0 Å². The van der Waals surface area contributed by atoms with E-state index in [1.165, 1.54) is 28.6 Å². The molecule has 1 unspecified atom stereocenters. The minimum atomic E-state index is 0.324. The smallest absolute Gasteiger partial charge is 0.0234 e. The zero-order chi connectivity index (χ0) is 12.5. The molecule has 1 atom stereocenters. The molecule has 0 saturated carbocycles. The molecule has 1 heterocycles. The van der Waals surface area contributed by atoms with Gasteiger partial charge in [0.1, 0.15) is 0 Å². The summed E-state index contributed by atoms with van der Waals surface area (Å²) in [6, 6.07) is 6.61. The van der Waals surface area contributed by atoms with Gasteiger partial charge in [0.2, 0.25) is 0 Å². The zero-order valence-electron chi connectivity index (χ0n) is 10.7. The third kappa shape index (κ3) is 3.09. The van der Waals surface area contributed by atoms with Gasteiger partial charge in [0.05, 0.1) is 0 Å². The van der Waals surface area contributed by atoms with Gasteiger partial charge in [-0.25, -0.2) is 0 Å². The standard InChI is InChI=1S/C14H21BrN2/c1-11-7-12(3-4-13(11)15)8-17-6-5-14(2,9-16)10-17/h3-4,7H,5-6,8-10,16H2,1-2H3. The Hall–Kier alpha value is -0.380. The van der Waals surface area contributed by atoms with E-state index in [-0.39, 0.29) is 0 Å². The van der Waals surface area contributed by atoms with Crippen molar-refractivity contribution in [1.29, 1.82) is 0 Å². The van der Waals surface area contributed by atoms with Gasteiger partial charge in [0.25, 0.3) is 0 Å². The van der Waals surface area contributed by atoms with E-state index in [1.807, 2.05) is 0 Å². The van der Waals surface area contributed by atoms with Crippen LogP contribution in [0, 0.1) is 12.3 Å². The van der Waals surface area contributed by atoms with E-state index in [9.17, 15) is 0 Å². The third-order valence-corrected chi connectivity index (χ3v) is 4.65.